The van der Waals surface area contributed by atoms with Gasteiger partial charge >= 0.3 is 0 Å². The molecule has 2 aromatic heterocycles. The molecule has 274 valence electrons. The zero-order valence-electron chi connectivity index (χ0n) is 32.2. The van der Waals surface area contributed by atoms with Gasteiger partial charge in [-0.25, -0.2) is 0 Å². The van der Waals surface area contributed by atoms with Crippen LogP contribution in [-0.4, -0.2) is 0 Å². The zero-order chi connectivity index (χ0) is 38.5. The Labute approximate surface area is 336 Å². The van der Waals surface area contributed by atoms with Crippen molar-refractivity contribution in [2.24, 2.45) is 0 Å². The van der Waals surface area contributed by atoms with Crippen molar-refractivity contribution in [3.05, 3.63) is 199 Å². The van der Waals surface area contributed by atoms with E-state index in [2.05, 4.69) is 201 Å². The summed E-state index contributed by atoms with van der Waals surface area (Å²) in [5.74, 6) is 0. The highest BCUT2D eigenvalue weighted by Gasteiger charge is 2.36. The molecule has 3 nitrogen and oxygen atoms in total. The summed E-state index contributed by atoms with van der Waals surface area (Å²) in [5.41, 5.74) is 16.0. The maximum absolute atomic E-state index is 7.29. The molecular formula is C55H37NO2. The van der Waals surface area contributed by atoms with Crippen LogP contribution in [0.1, 0.15) is 25.0 Å². The van der Waals surface area contributed by atoms with Crippen molar-refractivity contribution in [2.45, 2.75) is 19.3 Å². The molecule has 0 saturated heterocycles. The Morgan fingerprint density at radius 1 is 0.362 bits per heavy atom. The van der Waals surface area contributed by atoms with E-state index in [1.54, 1.807) is 0 Å². The Balaban J connectivity index is 1.22. The van der Waals surface area contributed by atoms with Gasteiger partial charge in [0.25, 0.3) is 0 Å². The molecule has 0 aliphatic heterocycles. The zero-order valence-corrected chi connectivity index (χ0v) is 32.2. The fraction of sp³-hybridized carbons (Fsp3) is 0.0545. The lowest BCUT2D eigenvalue weighted by Crippen LogP contribution is -2.16. The normalized spacial score (nSPS) is 13.1. The molecule has 58 heavy (non-hydrogen) atoms. The lowest BCUT2D eigenvalue weighted by Gasteiger charge is -2.28. The summed E-state index contributed by atoms with van der Waals surface area (Å²) in [5, 5.41) is 6.56. The lowest BCUT2D eigenvalue weighted by molar-refractivity contribution is 0.660. The first-order valence-corrected chi connectivity index (χ1v) is 20.0. The predicted octanol–water partition coefficient (Wildman–Crippen LogP) is 15.7. The molecule has 11 aromatic rings. The molecule has 12 rings (SSSR count). The van der Waals surface area contributed by atoms with Crippen LogP contribution in [0.2, 0.25) is 0 Å². The van der Waals surface area contributed by atoms with Crippen molar-refractivity contribution in [3.8, 4) is 33.4 Å². The quantitative estimate of drug-likeness (QED) is 0.176. The van der Waals surface area contributed by atoms with Crippen molar-refractivity contribution in [1.82, 2.24) is 0 Å². The number of benzene rings is 9. The van der Waals surface area contributed by atoms with Crippen LogP contribution in [0.4, 0.5) is 17.1 Å². The van der Waals surface area contributed by atoms with Gasteiger partial charge in [0.15, 0.2) is 11.2 Å². The van der Waals surface area contributed by atoms with E-state index in [4.69, 9.17) is 8.83 Å². The molecule has 9 aromatic carbocycles. The third-order valence-electron chi connectivity index (χ3n) is 12.4. The van der Waals surface area contributed by atoms with E-state index in [9.17, 15) is 0 Å². The van der Waals surface area contributed by atoms with Gasteiger partial charge in [0.2, 0.25) is 0 Å². The Morgan fingerprint density at radius 3 is 1.81 bits per heavy atom. The van der Waals surface area contributed by atoms with Gasteiger partial charge in [-0.3, -0.25) is 0 Å². The van der Waals surface area contributed by atoms with Crippen molar-refractivity contribution >= 4 is 71.7 Å². The standard InChI is InChI=1S/C55H37NO2/c1-55(2)47-25-13-11-21-39(47)40-29-28-37(32-48(40)55)56(49-26-15-24-43-41-22-12-14-27-51(41)57-53(43)49)50-31-36(34-16-5-3-6-17-34)30-45-46-33-44(35-18-7-4-8-19-35)38-20-9-10-23-42(38)52(46)58-54(45)50/h3-33H,1-2H3. The van der Waals surface area contributed by atoms with E-state index in [1.807, 2.05) is 6.07 Å². The fourth-order valence-electron chi connectivity index (χ4n) is 9.65. The average molecular weight is 744 g/mol. The Hall–Kier alpha value is -7.36. The molecule has 0 fully saturated rings. The van der Waals surface area contributed by atoms with E-state index in [0.29, 0.717) is 0 Å². The molecule has 1 aliphatic rings. The van der Waals surface area contributed by atoms with Crippen LogP contribution < -0.4 is 4.90 Å². The van der Waals surface area contributed by atoms with Gasteiger partial charge in [-0.2, -0.15) is 0 Å². The van der Waals surface area contributed by atoms with Gasteiger partial charge in [-0.15, -0.1) is 0 Å². The van der Waals surface area contributed by atoms with Crippen molar-refractivity contribution in [1.29, 1.82) is 0 Å². The molecule has 3 heteroatoms. The topological polar surface area (TPSA) is 29.5 Å². The average Bonchev–Trinajstić information content (AvgIpc) is 3.92. The van der Waals surface area contributed by atoms with Gasteiger partial charge in [0, 0.05) is 38.0 Å². The summed E-state index contributed by atoms with van der Waals surface area (Å²) >= 11 is 0. The molecule has 0 unspecified atom stereocenters. The second kappa shape index (κ2) is 12.3. The Morgan fingerprint density at radius 2 is 0.983 bits per heavy atom. The van der Waals surface area contributed by atoms with Crippen LogP contribution in [0.3, 0.4) is 0 Å². The highest BCUT2D eigenvalue weighted by Crippen LogP contribution is 2.53. The molecule has 1 aliphatic carbocycles. The van der Waals surface area contributed by atoms with E-state index < -0.39 is 0 Å². The molecule has 2 heterocycles. The maximum Gasteiger partial charge on any atom is 0.159 e. The molecule has 0 bridgehead atoms. The smallest absolute Gasteiger partial charge is 0.159 e. The third kappa shape index (κ3) is 4.74. The van der Waals surface area contributed by atoms with Crippen molar-refractivity contribution < 1.29 is 8.83 Å². The monoisotopic (exact) mass is 743 g/mol. The molecule has 0 spiro atoms. The summed E-state index contributed by atoms with van der Waals surface area (Å²) in [6.07, 6.45) is 0. The summed E-state index contributed by atoms with van der Waals surface area (Å²) in [6, 6.07) is 67.6. The second-order valence-corrected chi connectivity index (χ2v) is 16.0. The second-order valence-electron chi connectivity index (χ2n) is 16.0. The third-order valence-corrected chi connectivity index (χ3v) is 12.4. The van der Waals surface area contributed by atoms with E-state index in [0.717, 1.165) is 82.8 Å². The van der Waals surface area contributed by atoms with Gasteiger partial charge in [0.05, 0.1) is 11.4 Å². The molecular weight excluding hydrogens is 707 g/mol. The fourth-order valence-corrected chi connectivity index (χ4v) is 9.65. The van der Waals surface area contributed by atoms with Crippen LogP contribution >= 0.6 is 0 Å². The number of fused-ring (bicyclic) bond motifs is 11. The first-order valence-electron chi connectivity index (χ1n) is 20.0. The largest absolute Gasteiger partial charge is 0.454 e. The number of nitrogens with zero attached hydrogens (tertiary/aromatic N) is 1. The number of anilines is 3. The van der Waals surface area contributed by atoms with Crippen LogP contribution in [0, 0.1) is 0 Å². The highest BCUT2D eigenvalue weighted by atomic mass is 16.3. The van der Waals surface area contributed by atoms with Crippen molar-refractivity contribution in [3.63, 3.8) is 0 Å². The molecule has 0 atom stereocenters. The highest BCUT2D eigenvalue weighted by molar-refractivity contribution is 6.22. The number of furan rings is 2. The SMILES string of the molecule is CC1(C)c2ccccc2-c2ccc(N(c3cccc4c3oc3ccccc34)c3cc(-c4ccccc4)cc4c3oc3c5ccccc5c(-c5ccccc5)cc43)cc21. The summed E-state index contributed by atoms with van der Waals surface area (Å²) in [7, 11) is 0. The molecule has 0 amide bonds. The Bertz CT molecular complexity index is 3430. The minimum absolute atomic E-state index is 0.188. The van der Waals surface area contributed by atoms with Gasteiger partial charge in [-0.05, 0) is 92.4 Å². The van der Waals surface area contributed by atoms with Gasteiger partial charge < -0.3 is 13.7 Å². The summed E-state index contributed by atoms with van der Waals surface area (Å²) < 4.78 is 14.1. The molecule has 0 radical (unpaired) electrons. The van der Waals surface area contributed by atoms with E-state index in [1.165, 1.54) is 33.4 Å². The minimum atomic E-state index is -0.188. The predicted molar refractivity (Wildman–Crippen MR) is 242 cm³/mol. The van der Waals surface area contributed by atoms with E-state index in [-0.39, 0.29) is 5.41 Å². The summed E-state index contributed by atoms with van der Waals surface area (Å²) in [6.45, 7) is 4.68. The van der Waals surface area contributed by atoms with Gasteiger partial charge in [-0.1, -0.05) is 159 Å². The number of hydrogen-bond acceptors (Lipinski definition) is 3. The molecule has 0 N–H and O–H groups in total. The Kier molecular flexibility index (Phi) is 6.98. The summed E-state index contributed by atoms with van der Waals surface area (Å²) in [4.78, 5) is 2.38. The van der Waals surface area contributed by atoms with Gasteiger partial charge in [0.1, 0.15) is 11.2 Å². The number of para-hydroxylation sites is 2. The van der Waals surface area contributed by atoms with Crippen LogP contribution in [0.5, 0.6) is 0 Å². The number of rotatable bonds is 5. The molecule has 0 saturated carbocycles. The number of hydrogen-bond donors (Lipinski definition) is 0. The first-order chi connectivity index (χ1) is 28.5. The maximum atomic E-state index is 7.29. The van der Waals surface area contributed by atoms with Crippen LogP contribution in [-0.2, 0) is 5.41 Å². The lowest BCUT2D eigenvalue weighted by atomic mass is 9.82. The van der Waals surface area contributed by atoms with Crippen LogP contribution in [0.15, 0.2) is 197 Å². The minimum Gasteiger partial charge on any atom is -0.454 e. The van der Waals surface area contributed by atoms with Crippen molar-refractivity contribution in [2.75, 3.05) is 4.90 Å². The van der Waals surface area contributed by atoms with E-state index >= 15 is 0 Å². The first kappa shape index (κ1) is 32.8. The van der Waals surface area contributed by atoms with Crippen LogP contribution in [0.25, 0.3) is 88.0 Å².